The highest BCUT2D eigenvalue weighted by molar-refractivity contribution is 6.30. The van der Waals surface area contributed by atoms with Crippen LogP contribution in [0, 0.1) is 5.92 Å². The Morgan fingerprint density at radius 1 is 1.33 bits per heavy atom. The van der Waals surface area contributed by atoms with E-state index in [1.54, 1.807) is 0 Å². The van der Waals surface area contributed by atoms with Gasteiger partial charge in [0.15, 0.2) is 0 Å². The van der Waals surface area contributed by atoms with Crippen molar-refractivity contribution in [3.05, 3.63) is 28.8 Å². The van der Waals surface area contributed by atoms with Gasteiger partial charge in [-0.2, -0.15) is 0 Å². The van der Waals surface area contributed by atoms with Crippen molar-refractivity contribution < 1.29 is 4.74 Å². The van der Waals surface area contributed by atoms with Gasteiger partial charge in [0.05, 0.1) is 0 Å². The Bertz CT molecular complexity index is 444. The van der Waals surface area contributed by atoms with E-state index in [0.29, 0.717) is 6.04 Å². The van der Waals surface area contributed by atoms with Gasteiger partial charge in [-0.3, -0.25) is 0 Å². The molecule has 1 aromatic carbocycles. The molecule has 118 valence electrons. The summed E-state index contributed by atoms with van der Waals surface area (Å²) in [6.45, 7) is 8.07. The SMILES string of the molecule is CC(C)NCc1cc(Cl)ccc1N(C)CC1CCOCC1. The summed E-state index contributed by atoms with van der Waals surface area (Å²) < 4.78 is 5.45. The molecule has 0 aliphatic carbocycles. The lowest BCUT2D eigenvalue weighted by Crippen LogP contribution is -2.31. The van der Waals surface area contributed by atoms with Gasteiger partial charge in [-0.25, -0.2) is 0 Å². The van der Waals surface area contributed by atoms with E-state index in [2.05, 4.69) is 43.2 Å². The van der Waals surface area contributed by atoms with E-state index < -0.39 is 0 Å². The van der Waals surface area contributed by atoms with Crippen LogP contribution in [-0.4, -0.2) is 32.8 Å². The van der Waals surface area contributed by atoms with Gasteiger partial charge in [0, 0.05) is 50.1 Å². The Morgan fingerprint density at radius 2 is 2.05 bits per heavy atom. The minimum Gasteiger partial charge on any atom is -0.381 e. The zero-order chi connectivity index (χ0) is 15.2. The van der Waals surface area contributed by atoms with E-state index in [4.69, 9.17) is 16.3 Å². The van der Waals surface area contributed by atoms with Gasteiger partial charge in [-0.1, -0.05) is 25.4 Å². The van der Waals surface area contributed by atoms with E-state index in [-0.39, 0.29) is 0 Å². The first-order valence-electron chi connectivity index (χ1n) is 7.87. The number of benzene rings is 1. The Hall–Kier alpha value is -0.770. The Morgan fingerprint density at radius 3 is 2.71 bits per heavy atom. The summed E-state index contributed by atoms with van der Waals surface area (Å²) in [4.78, 5) is 2.36. The van der Waals surface area contributed by atoms with Crippen molar-refractivity contribution in [1.82, 2.24) is 5.32 Å². The first-order valence-corrected chi connectivity index (χ1v) is 8.24. The number of nitrogens with one attached hydrogen (secondary N) is 1. The molecule has 3 nitrogen and oxygen atoms in total. The lowest BCUT2D eigenvalue weighted by molar-refractivity contribution is 0.0685. The molecule has 1 aliphatic heterocycles. The van der Waals surface area contributed by atoms with Crippen molar-refractivity contribution in [3.8, 4) is 0 Å². The molecular formula is C17H27ClN2O. The zero-order valence-electron chi connectivity index (χ0n) is 13.4. The quantitative estimate of drug-likeness (QED) is 0.867. The molecule has 1 aromatic rings. The van der Waals surface area contributed by atoms with Crippen LogP contribution in [0.25, 0.3) is 0 Å². The number of hydrogen-bond donors (Lipinski definition) is 1. The molecule has 0 bridgehead atoms. The minimum atomic E-state index is 0.470. The number of ether oxygens (including phenoxy) is 1. The van der Waals surface area contributed by atoms with E-state index >= 15 is 0 Å². The van der Waals surface area contributed by atoms with Gasteiger partial charge >= 0.3 is 0 Å². The summed E-state index contributed by atoms with van der Waals surface area (Å²) in [7, 11) is 2.18. The van der Waals surface area contributed by atoms with Gasteiger partial charge < -0.3 is 15.0 Å². The van der Waals surface area contributed by atoms with Crippen LogP contribution in [0.1, 0.15) is 32.3 Å². The molecule has 1 N–H and O–H groups in total. The first kappa shape index (κ1) is 16.6. The van der Waals surface area contributed by atoms with Crippen molar-refractivity contribution in [1.29, 1.82) is 0 Å². The smallest absolute Gasteiger partial charge is 0.0469 e. The molecule has 0 atom stereocenters. The normalized spacial score (nSPS) is 16.4. The Labute approximate surface area is 133 Å². The summed E-state index contributed by atoms with van der Waals surface area (Å²) in [6.07, 6.45) is 2.33. The number of nitrogens with zero attached hydrogens (tertiary/aromatic N) is 1. The summed E-state index contributed by atoms with van der Waals surface area (Å²) in [5.74, 6) is 0.727. The number of halogens is 1. The van der Waals surface area contributed by atoms with E-state index in [9.17, 15) is 0 Å². The molecule has 4 heteroatoms. The second-order valence-electron chi connectivity index (χ2n) is 6.24. The fraction of sp³-hybridized carbons (Fsp3) is 0.647. The Balaban J connectivity index is 2.05. The van der Waals surface area contributed by atoms with Crippen LogP contribution in [0.15, 0.2) is 18.2 Å². The minimum absolute atomic E-state index is 0.470. The summed E-state index contributed by atoms with van der Waals surface area (Å²) >= 11 is 6.17. The molecule has 0 aromatic heterocycles. The molecule has 0 amide bonds. The number of rotatable bonds is 6. The van der Waals surface area contributed by atoms with Crippen molar-refractivity contribution >= 4 is 17.3 Å². The largest absolute Gasteiger partial charge is 0.381 e. The summed E-state index contributed by atoms with van der Waals surface area (Å²) in [5.41, 5.74) is 2.55. The molecule has 1 fully saturated rings. The Kier molecular flexibility index (Phi) is 6.34. The molecule has 1 heterocycles. The molecule has 21 heavy (non-hydrogen) atoms. The number of hydrogen-bond acceptors (Lipinski definition) is 3. The van der Waals surface area contributed by atoms with E-state index in [0.717, 1.165) is 50.1 Å². The van der Waals surface area contributed by atoms with Crippen molar-refractivity contribution in [3.63, 3.8) is 0 Å². The second kappa shape index (κ2) is 8.02. The lowest BCUT2D eigenvalue weighted by Gasteiger charge is -2.30. The highest BCUT2D eigenvalue weighted by atomic mass is 35.5. The fourth-order valence-corrected chi connectivity index (χ4v) is 2.99. The van der Waals surface area contributed by atoms with Crippen molar-refractivity contribution in [2.24, 2.45) is 5.92 Å². The van der Waals surface area contributed by atoms with Crippen LogP contribution < -0.4 is 10.2 Å². The zero-order valence-corrected chi connectivity index (χ0v) is 14.1. The van der Waals surface area contributed by atoms with Crippen molar-refractivity contribution in [2.45, 2.75) is 39.3 Å². The predicted molar refractivity (Wildman–Crippen MR) is 90.2 cm³/mol. The average Bonchev–Trinajstić information content (AvgIpc) is 2.46. The molecule has 2 rings (SSSR count). The molecule has 0 saturated carbocycles. The standard InChI is InChI=1S/C17H27ClN2O/c1-13(2)19-11-15-10-16(18)4-5-17(15)20(3)12-14-6-8-21-9-7-14/h4-5,10,13-14,19H,6-9,11-12H2,1-3H3. The summed E-state index contributed by atoms with van der Waals surface area (Å²) in [6, 6.07) is 6.67. The van der Waals surface area contributed by atoms with E-state index in [1.165, 1.54) is 11.3 Å². The maximum Gasteiger partial charge on any atom is 0.0469 e. The molecule has 0 radical (unpaired) electrons. The number of anilines is 1. The molecule has 0 spiro atoms. The molecular weight excluding hydrogens is 284 g/mol. The predicted octanol–water partition coefficient (Wildman–Crippen LogP) is 3.70. The third-order valence-electron chi connectivity index (χ3n) is 4.03. The van der Waals surface area contributed by atoms with Crippen LogP contribution in [0.2, 0.25) is 5.02 Å². The van der Waals surface area contributed by atoms with Gasteiger partial charge in [0.1, 0.15) is 0 Å². The van der Waals surface area contributed by atoms with Gasteiger partial charge in [0.25, 0.3) is 0 Å². The topological polar surface area (TPSA) is 24.5 Å². The summed E-state index contributed by atoms with van der Waals surface area (Å²) in [5, 5.41) is 4.29. The highest BCUT2D eigenvalue weighted by Gasteiger charge is 2.17. The third kappa shape index (κ3) is 5.17. The molecule has 1 saturated heterocycles. The molecule has 1 aliphatic rings. The van der Waals surface area contributed by atoms with Crippen molar-refractivity contribution in [2.75, 3.05) is 31.7 Å². The lowest BCUT2D eigenvalue weighted by atomic mass is 9.99. The van der Waals surface area contributed by atoms with Crippen LogP contribution >= 0.6 is 11.6 Å². The van der Waals surface area contributed by atoms with Crippen LogP contribution in [-0.2, 0) is 11.3 Å². The van der Waals surface area contributed by atoms with Gasteiger partial charge in [-0.05, 0) is 42.5 Å². The fourth-order valence-electron chi connectivity index (χ4n) is 2.80. The first-order chi connectivity index (χ1) is 10.1. The maximum absolute atomic E-state index is 6.17. The average molecular weight is 311 g/mol. The van der Waals surface area contributed by atoms with Crippen LogP contribution in [0.5, 0.6) is 0 Å². The van der Waals surface area contributed by atoms with Gasteiger partial charge in [0.2, 0.25) is 0 Å². The molecule has 0 unspecified atom stereocenters. The highest BCUT2D eigenvalue weighted by Crippen LogP contribution is 2.26. The van der Waals surface area contributed by atoms with E-state index in [1.807, 2.05) is 6.07 Å². The third-order valence-corrected chi connectivity index (χ3v) is 4.26. The van der Waals surface area contributed by atoms with Crippen LogP contribution in [0.3, 0.4) is 0 Å². The maximum atomic E-state index is 6.17. The van der Waals surface area contributed by atoms with Crippen LogP contribution in [0.4, 0.5) is 5.69 Å². The monoisotopic (exact) mass is 310 g/mol. The second-order valence-corrected chi connectivity index (χ2v) is 6.68. The van der Waals surface area contributed by atoms with Gasteiger partial charge in [-0.15, -0.1) is 0 Å².